The van der Waals surface area contributed by atoms with Crippen molar-refractivity contribution in [3.05, 3.63) is 0 Å². The fourth-order valence-electron chi connectivity index (χ4n) is 1.90. The average Bonchev–Trinajstić information content (AvgIpc) is 2.50. The lowest BCUT2D eigenvalue weighted by molar-refractivity contribution is 0.292. The highest BCUT2D eigenvalue weighted by Crippen LogP contribution is 2.14. The highest BCUT2D eigenvalue weighted by Gasteiger charge is 2.11. The Morgan fingerprint density at radius 3 is 2.33 bits per heavy atom. The molecule has 120 valence electrons. The second-order valence-electron chi connectivity index (χ2n) is 5.08. The first-order chi connectivity index (χ1) is 10.2. The predicted molar refractivity (Wildman–Crippen MR) is 87.0 cm³/mol. The van der Waals surface area contributed by atoms with E-state index in [-0.39, 0.29) is 0 Å². The molecule has 1 unspecified atom stereocenters. The third kappa shape index (κ3) is 6.60. The van der Waals surface area contributed by atoms with E-state index in [2.05, 4.69) is 53.3 Å². The first-order valence-corrected chi connectivity index (χ1v) is 8.12. The maximum Gasteiger partial charge on any atom is 0.323 e. The molecule has 0 aromatic carbocycles. The van der Waals surface area contributed by atoms with E-state index in [1.165, 1.54) is 0 Å². The summed E-state index contributed by atoms with van der Waals surface area (Å²) in [4.78, 5) is 13.1. The minimum Gasteiger partial charge on any atom is -0.463 e. The van der Waals surface area contributed by atoms with Gasteiger partial charge in [0, 0.05) is 12.6 Å². The van der Waals surface area contributed by atoms with Gasteiger partial charge in [-0.3, -0.25) is 0 Å². The molecular formula is C15H29N5O. The smallest absolute Gasteiger partial charge is 0.323 e. The number of aromatic nitrogens is 3. The van der Waals surface area contributed by atoms with Crippen molar-refractivity contribution >= 4 is 11.9 Å². The van der Waals surface area contributed by atoms with E-state index in [0.29, 0.717) is 30.6 Å². The lowest BCUT2D eigenvalue weighted by atomic mass is 10.1. The van der Waals surface area contributed by atoms with E-state index in [0.717, 1.165) is 38.6 Å². The number of hydrogen-bond donors (Lipinski definition) is 2. The Hall–Kier alpha value is -1.59. The zero-order chi connectivity index (χ0) is 15.5. The molecular weight excluding hydrogens is 266 g/mol. The molecule has 6 heteroatoms. The lowest BCUT2D eigenvalue weighted by Crippen LogP contribution is -2.21. The van der Waals surface area contributed by atoms with Crippen LogP contribution in [-0.2, 0) is 0 Å². The van der Waals surface area contributed by atoms with Crippen molar-refractivity contribution in [2.45, 2.75) is 65.8 Å². The summed E-state index contributed by atoms with van der Waals surface area (Å²) in [5.74, 6) is 1.17. The van der Waals surface area contributed by atoms with Gasteiger partial charge in [0.25, 0.3) is 0 Å². The van der Waals surface area contributed by atoms with Gasteiger partial charge in [-0.05, 0) is 25.7 Å². The van der Waals surface area contributed by atoms with E-state index in [1.54, 1.807) is 0 Å². The summed E-state index contributed by atoms with van der Waals surface area (Å²) in [5, 5.41) is 6.57. The standard InChI is InChI=1S/C15H29N5O/c1-5-9-12(8-4)17-14-18-13(16-10-6-2)19-15(20-14)21-11-7-3/h12H,5-11H2,1-4H3,(H2,16,17,18,19,20). The van der Waals surface area contributed by atoms with E-state index in [4.69, 9.17) is 4.74 Å². The number of ether oxygens (including phenoxy) is 1. The van der Waals surface area contributed by atoms with Crippen LogP contribution in [0.2, 0.25) is 0 Å². The first-order valence-electron chi connectivity index (χ1n) is 8.12. The van der Waals surface area contributed by atoms with Crippen molar-refractivity contribution in [1.29, 1.82) is 0 Å². The molecule has 0 saturated carbocycles. The van der Waals surface area contributed by atoms with Gasteiger partial charge in [0.2, 0.25) is 11.9 Å². The number of nitrogens with one attached hydrogen (secondary N) is 2. The molecule has 1 aromatic rings. The Balaban J connectivity index is 2.83. The summed E-state index contributed by atoms with van der Waals surface area (Å²) in [6, 6.07) is 0.773. The van der Waals surface area contributed by atoms with Gasteiger partial charge in [0.1, 0.15) is 0 Å². The van der Waals surface area contributed by atoms with Gasteiger partial charge < -0.3 is 15.4 Å². The number of rotatable bonds is 11. The molecule has 1 aromatic heterocycles. The van der Waals surface area contributed by atoms with Crippen LogP contribution in [0.5, 0.6) is 6.01 Å². The number of nitrogens with zero attached hydrogens (tertiary/aromatic N) is 3. The summed E-state index contributed by atoms with van der Waals surface area (Å²) in [6.07, 6.45) is 5.23. The average molecular weight is 295 g/mol. The first kappa shape index (κ1) is 17.5. The van der Waals surface area contributed by atoms with Crippen molar-refractivity contribution in [2.75, 3.05) is 23.8 Å². The molecule has 1 rings (SSSR count). The van der Waals surface area contributed by atoms with E-state index < -0.39 is 0 Å². The zero-order valence-electron chi connectivity index (χ0n) is 13.8. The molecule has 2 N–H and O–H groups in total. The quantitative estimate of drug-likeness (QED) is 0.651. The number of hydrogen-bond acceptors (Lipinski definition) is 6. The van der Waals surface area contributed by atoms with Crippen molar-refractivity contribution in [3.8, 4) is 6.01 Å². The van der Waals surface area contributed by atoms with Crippen molar-refractivity contribution in [1.82, 2.24) is 15.0 Å². The van der Waals surface area contributed by atoms with Crippen molar-refractivity contribution < 1.29 is 4.74 Å². The van der Waals surface area contributed by atoms with Gasteiger partial charge in [0.05, 0.1) is 6.61 Å². The van der Waals surface area contributed by atoms with Gasteiger partial charge in [0.15, 0.2) is 0 Å². The Bertz CT molecular complexity index is 373. The van der Waals surface area contributed by atoms with E-state index >= 15 is 0 Å². The summed E-state index contributed by atoms with van der Waals surface area (Å²) in [6.45, 7) is 9.97. The molecule has 21 heavy (non-hydrogen) atoms. The fraction of sp³-hybridized carbons (Fsp3) is 0.800. The molecule has 0 aliphatic rings. The van der Waals surface area contributed by atoms with Gasteiger partial charge in [-0.15, -0.1) is 0 Å². The molecule has 0 aliphatic carbocycles. The molecule has 0 spiro atoms. The third-order valence-corrected chi connectivity index (χ3v) is 3.05. The Morgan fingerprint density at radius 2 is 1.71 bits per heavy atom. The second-order valence-corrected chi connectivity index (χ2v) is 5.08. The molecule has 0 amide bonds. The third-order valence-electron chi connectivity index (χ3n) is 3.05. The Kier molecular flexibility index (Phi) is 8.47. The Labute approximate surface area is 128 Å². The van der Waals surface area contributed by atoms with Crippen LogP contribution in [0.1, 0.15) is 59.8 Å². The van der Waals surface area contributed by atoms with Crippen LogP contribution < -0.4 is 15.4 Å². The predicted octanol–water partition coefficient (Wildman–Crippen LogP) is 3.47. The maximum absolute atomic E-state index is 5.55. The van der Waals surface area contributed by atoms with Crippen LogP contribution in [0.25, 0.3) is 0 Å². The maximum atomic E-state index is 5.55. The van der Waals surface area contributed by atoms with Gasteiger partial charge >= 0.3 is 6.01 Å². The molecule has 0 fully saturated rings. The molecule has 6 nitrogen and oxygen atoms in total. The molecule has 0 saturated heterocycles. The highest BCUT2D eigenvalue weighted by molar-refractivity contribution is 5.36. The van der Waals surface area contributed by atoms with Gasteiger partial charge in [-0.1, -0.05) is 34.1 Å². The normalized spacial score (nSPS) is 12.0. The molecule has 0 aliphatic heterocycles. The largest absolute Gasteiger partial charge is 0.463 e. The summed E-state index contributed by atoms with van der Waals surface area (Å²) >= 11 is 0. The SMILES string of the molecule is CCCNc1nc(NC(CC)CCC)nc(OCCC)n1. The minimum absolute atomic E-state index is 0.385. The monoisotopic (exact) mass is 295 g/mol. The molecule has 1 heterocycles. The van der Waals surface area contributed by atoms with Crippen molar-refractivity contribution in [2.24, 2.45) is 0 Å². The van der Waals surface area contributed by atoms with Crippen LogP contribution >= 0.6 is 0 Å². The van der Waals surface area contributed by atoms with Gasteiger partial charge in [-0.2, -0.15) is 15.0 Å². The molecule has 0 radical (unpaired) electrons. The zero-order valence-corrected chi connectivity index (χ0v) is 13.8. The topological polar surface area (TPSA) is 72.0 Å². The van der Waals surface area contributed by atoms with Crippen LogP contribution in [0.4, 0.5) is 11.9 Å². The van der Waals surface area contributed by atoms with Crippen LogP contribution in [0, 0.1) is 0 Å². The molecule has 1 atom stereocenters. The van der Waals surface area contributed by atoms with E-state index in [9.17, 15) is 0 Å². The highest BCUT2D eigenvalue weighted by atomic mass is 16.5. The van der Waals surface area contributed by atoms with Crippen LogP contribution in [-0.4, -0.2) is 34.1 Å². The second kappa shape index (κ2) is 10.2. The summed E-state index contributed by atoms with van der Waals surface area (Å²) < 4.78 is 5.55. The minimum atomic E-state index is 0.385. The number of anilines is 2. The Morgan fingerprint density at radius 1 is 0.952 bits per heavy atom. The van der Waals surface area contributed by atoms with E-state index in [1.807, 2.05) is 0 Å². The summed E-state index contributed by atoms with van der Waals surface area (Å²) in [5.41, 5.74) is 0. The van der Waals surface area contributed by atoms with Crippen LogP contribution in [0.3, 0.4) is 0 Å². The van der Waals surface area contributed by atoms with Gasteiger partial charge in [-0.25, -0.2) is 0 Å². The molecule has 0 bridgehead atoms. The lowest BCUT2D eigenvalue weighted by Gasteiger charge is -2.17. The van der Waals surface area contributed by atoms with Crippen LogP contribution in [0.15, 0.2) is 0 Å². The summed E-state index contributed by atoms with van der Waals surface area (Å²) in [7, 11) is 0. The fourth-order valence-corrected chi connectivity index (χ4v) is 1.90. The van der Waals surface area contributed by atoms with Crippen molar-refractivity contribution in [3.63, 3.8) is 0 Å².